The molecular formula is C13H18ClFO. The second kappa shape index (κ2) is 5.65. The topological polar surface area (TPSA) is 20.2 Å². The smallest absolute Gasteiger partial charge is 0.124 e. The number of rotatable bonds is 4. The molecule has 0 spiro atoms. The molecule has 0 aliphatic carbocycles. The number of hydrogen-bond donors (Lipinski definition) is 1. The van der Waals surface area contributed by atoms with Crippen molar-refractivity contribution in [2.75, 3.05) is 0 Å². The fourth-order valence-electron chi connectivity index (χ4n) is 1.90. The first-order valence-electron chi connectivity index (χ1n) is 5.53. The van der Waals surface area contributed by atoms with Gasteiger partial charge in [-0.2, -0.15) is 0 Å². The van der Waals surface area contributed by atoms with Crippen LogP contribution in [0.2, 0.25) is 5.02 Å². The van der Waals surface area contributed by atoms with E-state index in [9.17, 15) is 9.50 Å². The predicted molar refractivity (Wildman–Crippen MR) is 65.1 cm³/mol. The fourth-order valence-corrected chi connectivity index (χ4v) is 2.15. The fraction of sp³-hybridized carbons (Fsp3) is 0.538. The highest BCUT2D eigenvalue weighted by molar-refractivity contribution is 6.31. The standard InChI is InChI=1S/C13H18ClFO/c1-8(2)12(9(3)16)6-10-4-5-11(15)7-13(10)14/h4-5,7-9,12,16H,6H2,1-3H3. The molecular weight excluding hydrogens is 227 g/mol. The van der Waals surface area contributed by atoms with Gasteiger partial charge in [0.05, 0.1) is 6.10 Å². The van der Waals surface area contributed by atoms with E-state index >= 15 is 0 Å². The van der Waals surface area contributed by atoms with E-state index in [1.807, 2.05) is 0 Å². The number of hydrogen-bond acceptors (Lipinski definition) is 1. The number of aliphatic hydroxyl groups excluding tert-OH is 1. The molecule has 2 atom stereocenters. The molecule has 90 valence electrons. The molecule has 0 saturated heterocycles. The monoisotopic (exact) mass is 244 g/mol. The largest absolute Gasteiger partial charge is 0.393 e. The van der Waals surface area contributed by atoms with Crippen molar-refractivity contribution in [1.29, 1.82) is 0 Å². The summed E-state index contributed by atoms with van der Waals surface area (Å²) in [6, 6.07) is 4.41. The Morgan fingerprint density at radius 1 is 1.31 bits per heavy atom. The first-order chi connectivity index (χ1) is 7.41. The summed E-state index contributed by atoms with van der Waals surface area (Å²) >= 11 is 5.96. The second-order valence-corrected chi connectivity index (χ2v) is 5.00. The summed E-state index contributed by atoms with van der Waals surface area (Å²) in [7, 11) is 0. The Labute approximate surface area is 101 Å². The summed E-state index contributed by atoms with van der Waals surface area (Å²) in [5, 5.41) is 10.1. The van der Waals surface area contributed by atoms with E-state index in [1.54, 1.807) is 13.0 Å². The van der Waals surface area contributed by atoms with Crippen molar-refractivity contribution in [1.82, 2.24) is 0 Å². The molecule has 0 radical (unpaired) electrons. The Balaban J connectivity index is 2.85. The van der Waals surface area contributed by atoms with Gasteiger partial charge in [0.25, 0.3) is 0 Å². The molecule has 0 amide bonds. The normalized spacial score (nSPS) is 15.2. The highest BCUT2D eigenvalue weighted by atomic mass is 35.5. The van der Waals surface area contributed by atoms with Gasteiger partial charge in [-0.25, -0.2) is 4.39 Å². The molecule has 0 saturated carbocycles. The SMILES string of the molecule is CC(C)C(Cc1ccc(F)cc1Cl)C(C)O. The van der Waals surface area contributed by atoms with Gasteiger partial charge in [-0.1, -0.05) is 31.5 Å². The Kier molecular flexibility index (Phi) is 4.75. The Morgan fingerprint density at radius 2 is 1.94 bits per heavy atom. The first kappa shape index (κ1) is 13.5. The maximum absolute atomic E-state index is 12.9. The van der Waals surface area contributed by atoms with E-state index in [-0.39, 0.29) is 17.8 Å². The van der Waals surface area contributed by atoms with Crippen LogP contribution in [0.1, 0.15) is 26.3 Å². The van der Waals surface area contributed by atoms with E-state index in [0.29, 0.717) is 17.4 Å². The summed E-state index contributed by atoms with van der Waals surface area (Å²) in [6.45, 7) is 5.91. The van der Waals surface area contributed by atoms with Crippen LogP contribution in [0.5, 0.6) is 0 Å². The minimum absolute atomic E-state index is 0.142. The van der Waals surface area contributed by atoms with Crippen LogP contribution in [-0.2, 0) is 6.42 Å². The quantitative estimate of drug-likeness (QED) is 0.857. The minimum Gasteiger partial charge on any atom is -0.393 e. The van der Waals surface area contributed by atoms with Crippen LogP contribution >= 0.6 is 11.6 Å². The summed E-state index contributed by atoms with van der Waals surface area (Å²) in [5.74, 6) is 0.177. The number of halogens is 2. The van der Waals surface area contributed by atoms with Crippen molar-refractivity contribution in [2.24, 2.45) is 11.8 Å². The summed E-state index contributed by atoms with van der Waals surface area (Å²) in [6.07, 6.45) is 0.287. The lowest BCUT2D eigenvalue weighted by Crippen LogP contribution is -2.24. The first-order valence-corrected chi connectivity index (χ1v) is 5.91. The van der Waals surface area contributed by atoms with Crippen LogP contribution in [0, 0.1) is 17.7 Å². The van der Waals surface area contributed by atoms with Crippen LogP contribution in [0.25, 0.3) is 0 Å². The van der Waals surface area contributed by atoms with Gasteiger partial charge in [0, 0.05) is 5.02 Å². The van der Waals surface area contributed by atoms with Gasteiger partial charge in [-0.05, 0) is 42.9 Å². The van der Waals surface area contributed by atoms with Gasteiger partial charge in [-0.3, -0.25) is 0 Å². The van der Waals surface area contributed by atoms with Crippen LogP contribution in [0.4, 0.5) is 4.39 Å². The van der Waals surface area contributed by atoms with E-state index in [4.69, 9.17) is 11.6 Å². The lowest BCUT2D eigenvalue weighted by molar-refractivity contribution is 0.0977. The Hall–Kier alpha value is -0.600. The van der Waals surface area contributed by atoms with Crippen molar-refractivity contribution in [2.45, 2.75) is 33.3 Å². The summed E-state index contributed by atoms with van der Waals surface area (Å²) in [4.78, 5) is 0. The number of aliphatic hydroxyl groups is 1. The van der Waals surface area contributed by atoms with Crippen molar-refractivity contribution in [3.8, 4) is 0 Å². The zero-order valence-corrected chi connectivity index (χ0v) is 10.6. The summed E-state index contributed by atoms with van der Waals surface area (Å²) in [5.41, 5.74) is 0.891. The average Bonchev–Trinajstić information content (AvgIpc) is 2.15. The molecule has 1 N–H and O–H groups in total. The molecule has 0 heterocycles. The van der Waals surface area contributed by atoms with Crippen molar-refractivity contribution >= 4 is 11.6 Å². The van der Waals surface area contributed by atoms with Crippen LogP contribution in [0.15, 0.2) is 18.2 Å². The van der Waals surface area contributed by atoms with E-state index < -0.39 is 0 Å². The van der Waals surface area contributed by atoms with Gasteiger partial charge in [0.2, 0.25) is 0 Å². The molecule has 0 aliphatic rings. The lowest BCUT2D eigenvalue weighted by atomic mass is 9.85. The van der Waals surface area contributed by atoms with E-state index in [0.717, 1.165) is 5.56 Å². The number of benzene rings is 1. The molecule has 2 unspecified atom stereocenters. The zero-order valence-electron chi connectivity index (χ0n) is 9.87. The highest BCUT2D eigenvalue weighted by Crippen LogP contribution is 2.25. The molecule has 16 heavy (non-hydrogen) atoms. The Morgan fingerprint density at radius 3 is 2.38 bits per heavy atom. The van der Waals surface area contributed by atoms with Gasteiger partial charge >= 0.3 is 0 Å². The van der Waals surface area contributed by atoms with Crippen molar-refractivity contribution in [3.63, 3.8) is 0 Å². The molecule has 0 bridgehead atoms. The minimum atomic E-state index is -0.388. The zero-order chi connectivity index (χ0) is 12.3. The van der Waals surface area contributed by atoms with E-state index in [2.05, 4.69) is 13.8 Å². The predicted octanol–water partition coefficient (Wildman–Crippen LogP) is 3.67. The van der Waals surface area contributed by atoms with Crippen LogP contribution in [-0.4, -0.2) is 11.2 Å². The molecule has 1 nitrogen and oxygen atoms in total. The third kappa shape index (κ3) is 3.46. The van der Waals surface area contributed by atoms with Crippen molar-refractivity contribution < 1.29 is 9.50 Å². The maximum atomic E-state index is 12.9. The summed E-state index contributed by atoms with van der Waals surface area (Å²) < 4.78 is 12.9. The van der Waals surface area contributed by atoms with Crippen molar-refractivity contribution in [3.05, 3.63) is 34.6 Å². The maximum Gasteiger partial charge on any atom is 0.124 e. The van der Waals surface area contributed by atoms with Gasteiger partial charge < -0.3 is 5.11 Å². The molecule has 1 aromatic rings. The molecule has 1 rings (SSSR count). The second-order valence-electron chi connectivity index (χ2n) is 4.59. The van der Waals surface area contributed by atoms with Crippen LogP contribution < -0.4 is 0 Å². The van der Waals surface area contributed by atoms with Gasteiger partial charge in [-0.15, -0.1) is 0 Å². The molecule has 0 aliphatic heterocycles. The molecule has 1 aromatic carbocycles. The molecule has 3 heteroatoms. The third-order valence-corrected chi connectivity index (χ3v) is 3.30. The Bertz CT molecular complexity index is 342. The molecule has 0 fully saturated rings. The average molecular weight is 245 g/mol. The van der Waals surface area contributed by atoms with Gasteiger partial charge in [0.15, 0.2) is 0 Å². The van der Waals surface area contributed by atoms with Gasteiger partial charge in [0.1, 0.15) is 5.82 Å². The van der Waals surface area contributed by atoms with E-state index in [1.165, 1.54) is 12.1 Å². The lowest BCUT2D eigenvalue weighted by Gasteiger charge is -2.24. The molecule has 0 aromatic heterocycles. The highest BCUT2D eigenvalue weighted by Gasteiger charge is 2.20. The van der Waals surface area contributed by atoms with Crippen LogP contribution in [0.3, 0.4) is 0 Å². The third-order valence-electron chi connectivity index (χ3n) is 2.95.